The second-order valence-corrected chi connectivity index (χ2v) is 13.9. The van der Waals surface area contributed by atoms with Crippen molar-refractivity contribution in [2.75, 3.05) is 6.54 Å². The highest BCUT2D eigenvalue weighted by Crippen LogP contribution is 2.57. The summed E-state index contributed by atoms with van der Waals surface area (Å²) >= 11 is 0. The van der Waals surface area contributed by atoms with E-state index in [1.165, 1.54) is 6.42 Å². The smallest absolute Gasteiger partial charge is 0.408 e. The van der Waals surface area contributed by atoms with Crippen LogP contribution in [0.2, 0.25) is 0 Å². The Balaban J connectivity index is 1.35. The van der Waals surface area contributed by atoms with Crippen LogP contribution < -0.4 is 10.1 Å². The van der Waals surface area contributed by atoms with Crippen LogP contribution in [0.15, 0.2) is 24.3 Å². The number of carbonyl (C=O) groups excluding carboxylic acids is 3. The van der Waals surface area contributed by atoms with Crippen LogP contribution in [0.25, 0.3) is 11.0 Å². The van der Waals surface area contributed by atoms with Crippen LogP contribution >= 0.6 is 0 Å². The molecule has 42 heavy (non-hydrogen) atoms. The molecule has 2 aliphatic heterocycles. The van der Waals surface area contributed by atoms with Crippen LogP contribution in [0.4, 0.5) is 4.79 Å². The molecule has 1 aromatic heterocycles. The molecule has 2 aliphatic carbocycles. The molecule has 2 unspecified atom stereocenters. The Morgan fingerprint density at radius 1 is 1.00 bits per heavy atom. The Morgan fingerprint density at radius 3 is 2.48 bits per heavy atom. The van der Waals surface area contributed by atoms with Crippen molar-refractivity contribution in [3.05, 3.63) is 30.0 Å². The van der Waals surface area contributed by atoms with E-state index < -0.39 is 29.7 Å². The summed E-state index contributed by atoms with van der Waals surface area (Å²) in [6, 6.07) is 6.27. The molecule has 2 saturated carbocycles. The number of amides is 2. The Hall–Kier alpha value is -3.23. The monoisotopic (exact) mass is 576 g/mol. The first-order valence-electron chi connectivity index (χ1n) is 15.8. The van der Waals surface area contributed by atoms with Gasteiger partial charge in [0.05, 0.1) is 23.6 Å². The van der Waals surface area contributed by atoms with E-state index in [1.54, 1.807) is 4.90 Å². The van der Waals surface area contributed by atoms with Crippen LogP contribution in [-0.4, -0.2) is 64.0 Å². The minimum Gasteiger partial charge on any atom is -0.471 e. The summed E-state index contributed by atoms with van der Waals surface area (Å²) in [6.07, 6.45) is 7.37. The van der Waals surface area contributed by atoms with Gasteiger partial charge in [-0.25, -0.2) is 14.8 Å². The van der Waals surface area contributed by atoms with Crippen molar-refractivity contribution in [2.24, 2.45) is 29.1 Å². The largest absolute Gasteiger partial charge is 0.471 e. The van der Waals surface area contributed by atoms with Crippen molar-refractivity contribution < 1.29 is 23.9 Å². The zero-order valence-electron chi connectivity index (χ0n) is 25.3. The summed E-state index contributed by atoms with van der Waals surface area (Å²) in [5, 5.41) is 2.92. The van der Waals surface area contributed by atoms with Gasteiger partial charge in [-0.1, -0.05) is 52.7 Å². The highest BCUT2D eigenvalue weighted by Gasteiger charge is 2.55. The molecule has 2 aromatic rings. The lowest BCUT2D eigenvalue weighted by molar-refractivity contribution is -0.139. The van der Waals surface area contributed by atoms with E-state index >= 15 is 0 Å². The number of hydrogen-bond donors (Lipinski definition) is 1. The molecule has 9 nitrogen and oxygen atoms in total. The predicted molar refractivity (Wildman–Crippen MR) is 158 cm³/mol. The van der Waals surface area contributed by atoms with Crippen molar-refractivity contribution in [3.8, 4) is 5.88 Å². The van der Waals surface area contributed by atoms with Crippen LogP contribution in [0.3, 0.4) is 0 Å². The Bertz CT molecular complexity index is 1340. The molecule has 226 valence electrons. The number of carbonyl (C=O) groups is 3. The molecule has 6 rings (SSSR count). The number of fused-ring (bicyclic) bond motifs is 7. The van der Waals surface area contributed by atoms with E-state index in [0.717, 1.165) is 61.5 Å². The van der Waals surface area contributed by atoms with Gasteiger partial charge in [0.25, 0.3) is 0 Å². The number of nitrogens with zero attached hydrogens (tertiary/aromatic N) is 3. The third-order valence-electron chi connectivity index (χ3n) is 10.0. The highest BCUT2D eigenvalue weighted by atomic mass is 16.6. The fraction of sp³-hybridized carbons (Fsp3) is 0.667. The maximum absolute atomic E-state index is 14.1. The average molecular weight is 577 g/mol. The first-order valence-corrected chi connectivity index (χ1v) is 15.8. The van der Waals surface area contributed by atoms with Gasteiger partial charge in [-0.15, -0.1) is 0 Å². The van der Waals surface area contributed by atoms with Crippen molar-refractivity contribution >= 4 is 29.3 Å². The van der Waals surface area contributed by atoms with E-state index in [1.807, 2.05) is 52.0 Å². The molecule has 3 heterocycles. The maximum atomic E-state index is 14.1. The van der Waals surface area contributed by atoms with Gasteiger partial charge in [0, 0.05) is 5.92 Å². The topological polar surface area (TPSA) is 111 Å². The Morgan fingerprint density at radius 2 is 1.76 bits per heavy atom. The summed E-state index contributed by atoms with van der Waals surface area (Å²) < 4.78 is 12.6. The molecule has 3 fully saturated rings. The second-order valence-electron chi connectivity index (χ2n) is 13.9. The molecule has 0 spiro atoms. The zero-order chi connectivity index (χ0) is 29.6. The normalized spacial score (nSPS) is 33.8. The van der Waals surface area contributed by atoms with E-state index in [2.05, 4.69) is 5.32 Å². The van der Waals surface area contributed by atoms with Gasteiger partial charge in [0.15, 0.2) is 0 Å². The second kappa shape index (κ2) is 11.5. The van der Waals surface area contributed by atoms with Gasteiger partial charge in [-0.2, -0.15) is 0 Å². The fourth-order valence-corrected chi connectivity index (χ4v) is 7.67. The van der Waals surface area contributed by atoms with Gasteiger partial charge in [0.2, 0.25) is 11.8 Å². The number of hydrogen-bond acceptors (Lipinski definition) is 7. The van der Waals surface area contributed by atoms with Gasteiger partial charge >= 0.3 is 6.09 Å². The first-order chi connectivity index (χ1) is 20.2. The number of nitrogens with one attached hydrogen (secondary N) is 1. The lowest BCUT2D eigenvalue weighted by Crippen LogP contribution is -2.56. The van der Waals surface area contributed by atoms with E-state index in [4.69, 9.17) is 19.4 Å². The summed E-state index contributed by atoms with van der Waals surface area (Å²) in [5.41, 5.74) is 1.81. The summed E-state index contributed by atoms with van der Waals surface area (Å²) in [4.78, 5) is 51.3. The van der Waals surface area contributed by atoms with Crippen molar-refractivity contribution in [2.45, 2.75) is 103 Å². The Kier molecular flexibility index (Phi) is 7.87. The number of para-hydroxylation sites is 2. The molecule has 9 heteroatoms. The number of aromatic nitrogens is 2. The summed E-state index contributed by atoms with van der Waals surface area (Å²) in [7, 11) is 0. The van der Waals surface area contributed by atoms with Crippen molar-refractivity contribution in [1.82, 2.24) is 20.2 Å². The van der Waals surface area contributed by atoms with Gasteiger partial charge in [-0.05, 0) is 73.8 Å². The third-order valence-corrected chi connectivity index (χ3v) is 10.0. The summed E-state index contributed by atoms with van der Waals surface area (Å²) in [5.74, 6) is 1.64. The molecule has 8 atom stereocenters. The van der Waals surface area contributed by atoms with E-state index in [0.29, 0.717) is 30.1 Å². The lowest BCUT2D eigenvalue weighted by Gasteiger charge is -2.35. The molecule has 1 aromatic carbocycles. The SMILES string of the molecule is CC[C@@H]1[C@@H]2CN(C(=O)[C@H](C(C)(C)C)NC(=O)O[C@@H]3CC4CC4[C@H]3CCCCCc3nc4ccccc4nc3O2)[C@@H]1C=O. The molecule has 4 aliphatic rings. The first kappa shape index (κ1) is 28.9. The average Bonchev–Trinajstić information content (AvgIpc) is 3.50. The quantitative estimate of drug-likeness (QED) is 0.496. The predicted octanol–water partition coefficient (Wildman–Crippen LogP) is 5.10. The van der Waals surface area contributed by atoms with Crippen molar-refractivity contribution in [3.63, 3.8) is 0 Å². The van der Waals surface area contributed by atoms with E-state index in [-0.39, 0.29) is 24.5 Å². The number of rotatable bonds is 2. The molecule has 2 bridgehead atoms. The van der Waals surface area contributed by atoms with E-state index in [9.17, 15) is 14.4 Å². The molecular formula is C33H44N4O5. The fourth-order valence-electron chi connectivity index (χ4n) is 7.67. The number of ether oxygens (including phenoxy) is 2. The number of aryl methyl sites for hydroxylation is 1. The Labute approximate surface area is 248 Å². The van der Waals surface area contributed by atoms with Crippen LogP contribution in [0, 0.1) is 29.1 Å². The molecular weight excluding hydrogens is 532 g/mol. The van der Waals surface area contributed by atoms with Crippen LogP contribution in [-0.2, 0) is 20.7 Å². The summed E-state index contributed by atoms with van der Waals surface area (Å²) in [6.45, 7) is 8.00. The van der Waals surface area contributed by atoms with Gasteiger partial charge in [-0.3, -0.25) is 4.79 Å². The number of aldehydes is 1. The van der Waals surface area contributed by atoms with Crippen molar-refractivity contribution in [1.29, 1.82) is 0 Å². The minimum atomic E-state index is -0.854. The number of benzene rings is 1. The van der Waals surface area contributed by atoms with Gasteiger partial charge in [0.1, 0.15) is 30.2 Å². The molecule has 1 N–H and O–H groups in total. The van der Waals surface area contributed by atoms with Gasteiger partial charge < -0.3 is 24.5 Å². The maximum Gasteiger partial charge on any atom is 0.408 e. The van der Waals surface area contributed by atoms with Crippen LogP contribution in [0.1, 0.15) is 78.3 Å². The zero-order valence-corrected chi connectivity index (χ0v) is 25.3. The molecule has 1 saturated heterocycles. The molecule has 0 radical (unpaired) electrons. The van der Waals surface area contributed by atoms with Crippen LogP contribution in [0.5, 0.6) is 5.88 Å². The third kappa shape index (κ3) is 5.59. The number of alkyl carbamates (subject to hydrolysis) is 1. The molecule has 2 amide bonds. The lowest BCUT2D eigenvalue weighted by atomic mass is 9.85. The highest BCUT2D eigenvalue weighted by molar-refractivity contribution is 5.89. The standard InChI is InChI=1S/C33H44N4O5/c1-5-20-26(18-38)37-17-28(20)41-30-25(34-23-12-9-10-13-24(23)35-30)14-8-6-7-11-21-22-15-19(22)16-27(21)42-32(40)36-29(31(37)39)33(2,3)4/h9-10,12-13,18-22,26-29H,5-8,11,14-17H2,1-4H3,(H,36,40)/t19?,20-,21+,22?,26+,27+,28-,29+/m0/s1. The minimum absolute atomic E-state index is 0.113.